The average molecular weight is 300 g/mol. The van der Waals surface area contributed by atoms with Crippen LogP contribution in [0.1, 0.15) is 41.6 Å². The maximum Gasteiger partial charge on any atom is 0.284 e. The van der Waals surface area contributed by atoms with Crippen molar-refractivity contribution in [3.8, 4) is 0 Å². The van der Waals surface area contributed by atoms with Crippen LogP contribution < -0.4 is 16.8 Å². The van der Waals surface area contributed by atoms with Gasteiger partial charge in [0.05, 0.1) is 0 Å². The van der Waals surface area contributed by atoms with E-state index in [2.05, 4.69) is 30.2 Å². The van der Waals surface area contributed by atoms with Crippen molar-refractivity contribution in [3.05, 3.63) is 53.5 Å². The van der Waals surface area contributed by atoms with E-state index in [-0.39, 0.29) is 18.3 Å². The molecule has 1 aromatic carbocycles. The van der Waals surface area contributed by atoms with E-state index in [9.17, 15) is 4.79 Å². The molecule has 2 aromatic rings. The van der Waals surface area contributed by atoms with Gasteiger partial charge in [0.15, 0.2) is 11.7 Å². The summed E-state index contributed by atoms with van der Waals surface area (Å²) in [4.78, 5) is 15.1. The summed E-state index contributed by atoms with van der Waals surface area (Å²) >= 11 is 0. The van der Waals surface area contributed by atoms with Crippen LogP contribution >= 0.6 is 0 Å². The minimum Gasteiger partial charge on any atom is -0.454 e. The molecule has 0 fully saturated rings. The van der Waals surface area contributed by atoms with Crippen LogP contribution in [0.15, 0.2) is 45.8 Å². The van der Waals surface area contributed by atoms with E-state index in [1.165, 1.54) is 11.6 Å². The first kappa shape index (κ1) is 15.6. The lowest BCUT2D eigenvalue weighted by Crippen LogP contribution is -2.22. The highest BCUT2D eigenvalue weighted by atomic mass is 16.3. The van der Waals surface area contributed by atoms with Gasteiger partial charge in [-0.15, -0.1) is 0 Å². The molecule has 116 valence electrons. The number of furan rings is 1. The van der Waals surface area contributed by atoms with Crippen molar-refractivity contribution in [1.29, 1.82) is 0 Å². The topological polar surface area (TPSA) is 107 Å². The molecular weight excluding hydrogens is 280 g/mol. The van der Waals surface area contributed by atoms with E-state index in [1.54, 1.807) is 6.07 Å². The first-order chi connectivity index (χ1) is 10.5. The Hall–Kier alpha value is -2.76. The monoisotopic (exact) mass is 300 g/mol. The minimum absolute atomic E-state index is 0.112. The molecule has 0 atom stereocenters. The molecule has 5 N–H and O–H groups in total. The van der Waals surface area contributed by atoms with Gasteiger partial charge in [0.2, 0.25) is 0 Å². The number of carbonyl (C=O) groups is 1. The van der Waals surface area contributed by atoms with E-state index >= 15 is 0 Å². The minimum atomic E-state index is -0.605. The van der Waals surface area contributed by atoms with Gasteiger partial charge < -0.3 is 21.2 Å². The highest BCUT2D eigenvalue weighted by molar-refractivity contribution is 5.92. The lowest BCUT2D eigenvalue weighted by atomic mass is 10.0. The Morgan fingerprint density at radius 1 is 1.27 bits per heavy atom. The van der Waals surface area contributed by atoms with Crippen LogP contribution in [0.2, 0.25) is 0 Å². The molecule has 0 aliphatic rings. The van der Waals surface area contributed by atoms with Gasteiger partial charge in [-0.05, 0) is 35.7 Å². The van der Waals surface area contributed by atoms with Crippen molar-refractivity contribution in [3.63, 3.8) is 0 Å². The lowest BCUT2D eigenvalue weighted by Gasteiger charge is -2.09. The van der Waals surface area contributed by atoms with Crippen molar-refractivity contribution >= 4 is 17.6 Å². The Labute approximate surface area is 129 Å². The molecular formula is C16H20N4O2. The summed E-state index contributed by atoms with van der Waals surface area (Å²) in [5.41, 5.74) is 13.1. The van der Waals surface area contributed by atoms with Crippen LogP contribution in [-0.4, -0.2) is 11.9 Å². The number of primary amides is 1. The third kappa shape index (κ3) is 4.12. The summed E-state index contributed by atoms with van der Waals surface area (Å²) in [7, 11) is 0. The third-order valence-electron chi connectivity index (χ3n) is 3.14. The van der Waals surface area contributed by atoms with Crippen molar-refractivity contribution < 1.29 is 9.21 Å². The molecule has 6 heteroatoms. The Balaban J connectivity index is 2.00. The molecule has 22 heavy (non-hydrogen) atoms. The molecule has 1 aromatic heterocycles. The van der Waals surface area contributed by atoms with Gasteiger partial charge >= 0.3 is 0 Å². The third-order valence-corrected chi connectivity index (χ3v) is 3.14. The molecule has 1 amide bonds. The molecule has 0 spiro atoms. The maximum absolute atomic E-state index is 10.9. The van der Waals surface area contributed by atoms with Crippen LogP contribution in [-0.2, 0) is 6.54 Å². The smallest absolute Gasteiger partial charge is 0.284 e. The molecule has 0 unspecified atom stereocenters. The predicted molar refractivity (Wildman–Crippen MR) is 86.7 cm³/mol. The molecule has 6 nitrogen and oxygen atoms in total. The van der Waals surface area contributed by atoms with Crippen molar-refractivity contribution in [2.24, 2.45) is 16.5 Å². The van der Waals surface area contributed by atoms with Gasteiger partial charge in [0.25, 0.3) is 5.91 Å². The number of nitrogens with two attached hydrogens (primary N) is 2. The molecule has 2 rings (SSSR count). The first-order valence-corrected chi connectivity index (χ1v) is 7.01. The van der Waals surface area contributed by atoms with Gasteiger partial charge in [-0.1, -0.05) is 26.0 Å². The Morgan fingerprint density at radius 3 is 2.68 bits per heavy atom. The normalized spacial score (nSPS) is 11.7. The summed E-state index contributed by atoms with van der Waals surface area (Å²) in [6.07, 6.45) is 0. The zero-order valence-corrected chi connectivity index (χ0v) is 12.7. The number of amides is 1. The fourth-order valence-corrected chi connectivity index (χ4v) is 1.92. The summed E-state index contributed by atoms with van der Waals surface area (Å²) < 4.78 is 5.23. The summed E-state index contributed by atoms with van der Waals surface area (Å²) in [6, 6.07) is 11.2. The Kier molecular flexibility index (Phi) is 4.83. The lowest BCUT2D eigenvalue weighted by molar-refractivity contribution is 0.0972. The first-order valence-electron chi connectivity index (χ1n) is 7.01. The van der Waals surface area contributed by atoms with Crippen LogP contribution in [0.3, 0.4) is 0 Å². The fraction of sp³-hybridized carbons (Fsp3) is 0.250. The highest BCUT2D eigenvalue weighted by Crippen LogP contribution is 2.18. The molecule has 0 aliphatic heterocycles. The Bertz CT molecular complexity index is 689. The average Bonchev–Trinajstić information content (AvgIpc) is 2.94. The number of aliphatic imine (C=N–C) groups is 1. The number of hydrogen-bond acceptors (Lipinski definition) is 3. The zero-order valence-electron chi connectivity index (χ0n) is 12.7. The standard InChI is InChI=1S/C16H20N4O2/c1-10(2)11-4-3-5-12(8-11)20-16(18)19-9-13-6-7-14(22-13)15(17)21/h3-8,10H,9H2,1-2H3,(H2,17,21)(H3,18,19,20). The van der Waals surface area contributed by atoms with Gasteiger partial charge in [-0.3, -0.25) is 4.79 Å². The molecule has 0 saturated carbocycles. The fourth-order valence-electron chi connectivity index (χ4n) is 1.92. The summed E-state index contributed by atoms with van der Waals surface area (Å²) in [5.74, 6) is 0.746. The number of carbonyl (C=O) groups excluding carboxylic acids is 1. The van der Waals surface area contributed by atoms with E-state index in [0.29, 0.717) is 11.7 Å². The molecule has 0 aliphatic carbocycles. The van der Waals surface area contributed by atoms with Gasteiger partial charge in [0, 0.05) is 5.69 Å². The van der Waals surface area contributed by atoms with Crippen molar-refractivity contribution in [1.82, 2.24) is 0 Å². The predicted octanol–water partition coefficient (Wildman–Crippen LogP) is 2.43. The number of nitrogens with zero attached hydrogens (tertiary/aromatic N) is 1. The van der Waals surface area contributed by atoms with E-state index in [4.69, 9.17) is 15.9 Å². The van der Waals surface area contributed by atoms with Crippen molar-refractivity contribution in [2.75, 3.05) is 5.32 Å². The Morgan fingerprint density at radius 2 is 2.05 bits per heavy atom. The quantitative estimate of drug-likeness (QED) is 0.582. The second-order valence-electron chi connectivity index (χ2n) is 5.24. The molecule has 0 bridgehead atoms. The van der Waals surface area contributed by atoms with Gasteiger partial charge in [-0.2, -0.15) is 0 Å². The maximum atomic E-state index is 10.9. The van der Waals surface area contributed by atoms with Crippen LogP contribution in [0, 0.1) is 0 Å². The van der Waals surface area contributed by atoms with Gasteiger partial charge in [-0.25, -0.2) is 4.99 Å². The van der Waals surface area contributed by atoms with Crippen LogP contribution in [0.5, 0.6) is 0 Å². The van der Waals surface area contributed by atoms with E-state index in [1.807, 2.05) is 18.2 Å². The van der Waals surface area contributed by atoms with Crippen LogP contribution in [0.4, 0.5) is 5.69 Å². The zero-order chi connectivity index (χ0) is 16.1. The number of hydrogen-bond donors (Lipinski definition) is 3. The molecule has 1 heterocycles. The number of rotatable bonds is 5. The van der Waals surface area contributed by atoms with Crippen LogP contribution in [0.25, 0.3) is 0 Å². The van der Waals surface area contributed by atoms with E-state index < -0.39 is 5.91 Å². The van der Waals surface area contributed by atoms with E-state index in [0.717, 1.165) is 5.69 Å². The second-order valence-corrected chi connectivity index (χ2v) is 5.24. The summed E-state index contributed by atoms with van der Waals surface area (Å²) in [5, 5.41) is 3.03. The SMILES string of the molecule is CC(C)c1cccc(NC(N)=NCc2ccc(C(N)=O)o2)c1. The number of nitrogens with one attached hydrogen (secondary N) is 1. The molecule has 0 radical (unpaired) electrons. The van der Waals surface area contributed by atoms with Gasteiger partial charge in [0.1, 0.15) is 12.3 Å². The second kappa shape index (κ2) is 6.80. The van der Waals surface area contributed by atoms with Crippen molar-refractivity contribution in [2.45, 2.75) is 26.3 Å². The number of benzene rings is 1. The number of anilines is 1. The highest BCUT2D eigenvalue weighted by Gasteiger charge is 2.06. The summed E-state index contributed by atoms with van der Waals surface area (Å²) in [6.45, 7) is 4.49. The largest absolute Gasteiger partial charge is 0.454 e. The number of guanidine groups is 1. The molecule has 0 saturated heterocycles.